The Hall–Kier alpha value is -1.16. The van der Waals surface area contributed by atoms with Crippen LogP contribution in [0.25, 0.3) is 0 Å². The molecule has 1 aromatic rings. The first-order valence-electron chi connectivity index (χ1n) is 3.52. The lowest BCUT2D eigenvalue weighted by molar-refractivity contribution is -0.152. The summed E-state index contributed by atoms with van der Waals surface area (Å²) in [4.78, 5) is 3.62. The predicted octanol–water partition coefficient (Wildman–Crippen LogP) is 2.47. The highest BCUT2D eigenvalue weighted by Crippen LogP contribution is 2.30. The summed E-state index contributed by atoms with van der Waals surface area (Å²) in [7, 11) is 0. The van der Waals surface area contributed by atoms with Gasteiger partial charge >= 0.3 is 6.18 Å². The molecule has 1 unspecified atom stereocenters. The Balaban J connectivity index is 2.48. The van der Waals surface area contributed by atoms with Gasteiger partial charge in [0, 0.05) is 5.75 Å². The summed E-state index contributed by atoms with van der Waals surface area (Å²) < 4.78 is 40.9. The maximum atomic E-state index is 12.1. The molecule has 0 amide bonds. The van der Waals surface area contributed by atoms with Crippen LogP contribution in [0.2, 0.25) is 0 Å². The van der Waals surface area contributed by atoms with Crippen molar-refractivity contribution in [2.75, 3.05) is 5.75 Å². The lowest BCUT2D eigenvalue weighted by Crippen LogP contribution is -2.23. The number of alkyl halides is 3. The largest absolute Gasteiger partial charge is 0.440 e. The van der Waals surface area contributed by atoms with Crippen LogP contribution < -0.4 is 0 Å². The number of aromatic nitrogens is 1. The molecule has 1 rings (SSSR count). The van der Waals surface area contributed by atoms with Crippen LogP contribution in [0.4, 0.5) is 13.2 Å². The molecule has 76 valence electrons. The van der Waals surface area contributed by atoms with E-state index in [-0.39, 0.29) is 5.22 Å². The SMILES string of the molecule is N#CC(CSc1ncco1)C(F)(F)F. The normalized spacial score (nSPS) is 13.6. The number of halogens is 3. The minimum absolute atomic E-state index is 0.134. The van der Waals surface area contributed by atoms with Crippen molar-refractivity contribution in [3.63, 3.8) is 0 Å². The minimum atomic E-state index is -4.49. The molecule has 0 N–H and O–H groups in total. The number of hydrogen-bond donors (Lipinski definition) is 0. The van der Waals surface area contributed by atoms with Crippen molar-refractivity contribution >= 4 is 11.8 Å². The van der Waals surface area contributed by atoms with Crippen LogP contribution in [0, 0.1) is 17.2 Å². The molecule has 0 fully saturated rings. The van der Waals surface area contributed by atoms with Gasteiger partial charge in [0.2, 0.25) is 0 Å². The molecule has 0 saturated carbocycles. The average Bonchev–Trinajstić information content (AvgIpc) is 2.55. The third kappa shape index (κ3) is 2.96. The lowest BCUT2D eigenvalue weighted by atomic mass is 10.2. The second kappa shape index (κ2) is 4.37. The van der Waals surface area contributed by atoms with Crippen molar-refractivity contribution in [1.29, 1.82) is 5.26 Å². The fraction of sp³-hybridized carbons (Fsp3) is 0.429. The quantitative estimate of drug-likeness (QED) is 0.737. The van der Waals surface area contributed by atoms with E-state index in [0.29, 0.717) is 0 Å². The molecule has 0 aliphatic carbocycles. The zero-order valence-electron chi connectivity index (χ0n) is 6.78. The first-order valence-corrected chi connectivity index (χ1v) is 4.51. The molecule has 0 saturated heterocycles. The van der Waals surface area contributed by atoms with E-state index in [1.54, 1.807) is 0 Å². The maximum absolute atomic E-state index is 12.1. The van der Waals surface area contributed by atoms with Gasteiger partial charge in [-0.25, -0.2) is 4.98 Å². The predicted molar refractivity (Wildman–Crippen MR) is 42.4 cm³/mol. The van der Waals surface area contributed by atoms with E-state index in [9.17, 15) is 13.2 Å². The summed E-state index contributed by atoms with van der Waals surface area (Å²) >= 11 is 0.766. The second-order valence-corrected chi connectivity index (χ2v) is 3.30. The van der Waals surface area contributed by atoms with Crippen molar-refractivity contribution in [3.8, 4) is 6.07 Å². The Morgan fingerprint density at radius 1 is 1.64 bits per heavy atom. The smallest absolute Gasteiger partial charge is 0.405 e. The molecule has 0 aliphatic heterocycles. The molecule has 3 nitrogen and oxygen atoms in total. The molecule has 1 aromatic heterocycles. The molecule has 1 heterocycles. The molecule has 0 spiro atoms. The highest BCUT2D eigenvalue weighted by atomic mass is 32.2. The Morgan fingerprint density at radius 2 is 2.36 bits per heavy atom. The van der Waals surface area contributed by atoms with Crippen LogP contribution in [0.1, 0.15) is 0 Å². The lowest BCUT2D eigenvalue weighted by Gasteiger charge is -2.10. The topological polar surface area (TPSA) is 49.8 Å². The Kier molecular flexibility index (Phi) is 3.41. The highest BCUT2D eigenvalue weighted by molar-refractivity contribution is 7.99. The molecule has 0 aliphatic rings. The zero-order valence-corrected chi connectivity index (χ0v) is 7.60. The van der Waals surface area contributed by atoms with Gasteiger partial charge in [0.25, 0.3) is 5.22 Å². The van der Waals surface area contributed by atoms with Crippen molar-refractivity contribution in [3.05, 3.63) is 12.5 Å². The Morgan fingerprint density at radius 3 is 2.79 bits per heavy atom. The van der Waals surface area contributed by atoms with Gasteiger partial charge in [0.05, 0.1) is 12.3 Å². The number of oxazole rings is 1. The molecule has 14 heavy (non-hydrogen) atoms. The van der Waals surface area contributed by atoms with Gasteiger partial charge in [0.15, 0.2) is 5.92 Å². The molecular weight excluding hydrogens is 217 g/mol. The van der Waals surface area contributed by atoms with Gasteiger partial charge in [-0.05, 0) is 0 Å². The molecule has 1 atom stereocenters. The fourth-order valence-electron chi connectivity index (χ4n) is 0.641. The zero-order chi connectivity index (χ0) is 10.6. The van der Waals surface area contributed by atoms with E-state index in [2.05, 4.69) is 4.98 Å². The van der Waals surface area contributed by atoms with E-state index >= 15 is 0 Å². The molecule has 0 aromatic carbocycles. The van der Waals surface area contributed by atoms with E-state index < -0.39 is 17.8 Å². The fourth-order valence-corrected chi connectivity index (χ4v) is 1.47. The van der Waals surface area contributed by atoms with Gasteiger partial charge in [-0.2, -0.15) is 18.4 Å². The van der Waals surface area contributed by atoms with E-state index in [4.69, 9.17) is 9.68 Å². The highest BCUT2D eigenvalue weighted by Gasteiger charge is 2.39. The van der Waals surface area contributed by atoms with Gasteiger partial charge in [-0.15, -0.1) is 0 Å². The van der Waals surface area contributed by atoms with Crippen LogP contribution >= 0.6 is 11.8 Å². The molecule has 0 bridgehead atoms. The minimum Gasteiger partial charge on any atom is -0.440 e. The van der Waals surface area contributed by atoms with E-state index in [1.807, 2.05) is 0 Å². The summed E-state index contributed by atoms with van der Waals surface area (Å²) in [6.07, 6.45) is -1.90. The first-order chi connectivity index (χ1) is 6.54. The van der Waals surface area contributed by atoms with Crippen LogP contribution in [0.5, 0.6) is 0 Å². The van der Waals surface area contributed by atoms with Crippen LogP contribution in [0.15, 0.2) is 22.1 Å². The summed E-state index contributed by atoms with van der Waals surface area (Å²) in [5.41, 5.74) is 0. The average molecular weight is 222 g/mol. The third-order valence-electron chi connectivity index (χ3n) is 1.33. The van der Waals surface area contributed by atoms with Gasteiger partial charge in [-0.1, -0.05) is 11.8 Å². The Bertz CT molecular complexity index is 317. The third-order valence-corrected chi connectivity index (χ3v) is 2.28. The van der Waals surface area contributed by atoms with Crippen molar-refractivity contribution in [2.45, 2.75) is 11.4 Å². The van der Waals surface area contributed by atoms with Crippen molar-refractivity contribution in [2.24, 2.45) is 5.92 Å². The number of hydrogen-bond acceptors (Lipinski definition) is 4. The Labute approximate surface area is 81.9 Å². The monoisotopic (exact) mass is 222 g/mol. The van der Waals surface area contributed by atoms with Crippen LogP contribution in [-0.2, 0) is 0 Å². The van der Waals surface area contributed by atoms with Gasteiger partial charge in [-0.3, -0.25) is 0 Å². The number of nitrogens with zero attached hydrogens (tertiary/aromatic N) is 2. The second-order valence-electron chi connectivity index (χ2n) is 2.33. The van der Waals surface area contributed by atoms with E-state index in [0.717, 1.165) is 11.8 Å². The first kappa shape index (κ1) is 10.9. The molecular formula is C7H5F3N2OS. The number of rotatable bonds is 3. The van der Waals surface area contributed by atoms with Gasteiger partial charge < -0.3 is 4.42 Å². The summed E-state index contributed by atoms with van der Waals surface area (Å²) in [6, 6.07) is 1.19. The maximum Gasteiger partial charge on any atom is 0.405 e. The number of nitriles is 1. The van der Waals surface area contributed by atoms with Crippen LogP contribution in [-0.4, -0.2) is 16.9 Å². The van der Waals surface area contributed by atoms with Crippen molar-refractivity contribution < 1.29 is 17.6 Å². The summed E-state index contributed by atoms with van der Waals surface area (Å²) in [6.45, 7) is 0. The standard InChI is InChI=1S/C7H5F3N2OS/c8-7(9,10)5(3-11)4-14-6-12-1-2-13-6/h1-2,5H,4H2. The van der Waals surface area contributed by atoms with Crippen molar-refractivity contribution in [1.82, 2.24) is 4.98 Å². The number of thioether (sulfide) groups is 1. The molecule has 0 radical (unpaired) electrons. The summed E-state index contributed by atoms with van der Waals surface area (Å²) in [5.74, 6) is -2.39. The molecule has 7 heteroatoms. The van der Waals surface area contributed by atoms with Crippen LogP contribution in [0.3, 0.4) is 0 Å². The van der Waals surface area contributed by atoms with Gasteiger partial charge in [0.1, 0.15) is 6.26 Å². The van der Waals surface area contributed by atoms with E-state index in [1.165, 1.54) is 18.5 Å². The summed E-state index contributed by atoms with van der Waals surface area (Å²) in [5, 5.41) is 8.39.